The Morgan fingerprint density at radius 3 is 2.39 bits per heavy atom. The van der Waals surface area contributed by atoms with Crippen LogP contribution in [0.1, 0.15) is 24.0 Å². The highest BCUT2D eigenvalue weighted by atomic mass is 19.1. The van der Waals surface area contributed by atoms with Crippen LogP contribution in [0, 0.1) is 11.7 Å². The fourth-order valence-electron chi connectivity index (χ4n) is 4.29. The lowest BCUT2D eigenvalue weighted by Gasteiger charge is -2.16. The number of fused-ring (bicyclic) bond motifs is 1. The lowest BCUT2D eigenvalue weighted by Crippen LogP contribution is -2.41. The van der Waals surface area contributed by atoms with Gasteiger partial charge < -0.3 is 15.5 Å². The molecular formula is C25H28FN5O2. The van der Waals surface area contributed by atoms with Crippen LogP contribution in [-0.2, 0) is 19.5 Å². The van der Waals surface area contributed by atoms with Crippen LogP contribution in [-0.4, -0.2) is 29.4 Å². The molecule has 1 fully saturated rings. The summed E-state index contributed by atoms with van der Waals surface area (Å²) in [4.78, 5) is 28.7. The first-order valence-corrected chi connectivity index (χ1v) is 11.3. The SMILES string of the molecule is CN(C)c1ccc(CC2Nc3c(n(CC4CC4)c(=O)n(Cc4ccccc4F)c3=O)N2)cc1. The zero-order valence-electron chi connectivity index (χ0n) is 18.8. The minimum atomic E-state index is -0.428. The van der Waals surface area contributed by atoms with Gasteiger partial charge in [-0.25, -0.2) is 9.18 Å². The summed E-state index contributed by atoms with van der Waals surface area (Å²) >= 11 is 0. The van der Waals surface area contributed by atoms with Crippen molar-refractivity contribution in [3.8, 4) is 0 Å². The van der Waals surface area contributed by atoms with E-state index >= 15 is 0 Å². The van der Waals surface area contributed by atoms with Crippen molar-refractivity contribution in [2.24, 2.45) is 5.92 Å². The van der Waals surface area contributed by atoms with Crippen LogP contribution >= 0.6 is 0 Å². The molecule has 5 rings (SSSR count). The molecule has 1 atom stereocenters. The average molecular weight is 450 g/mol. The van der Waals surface area contributed by atoms with Crippen LogP contribution < -0.4 is 26.8 Å². The van der Waals surface area contributed by atoms with Crippen LogP contribution in [0.3, 0.4) is 0 Å². The van der Waals surface area contributed by atoms with Gasteiger partial charge in [-0.1, -0.05) is 30.3 Å². The van der Waals surface area contributed by atoms with Crippen molar-refractivity contribution in [2.45, 2.75) is 38.5 Å². The molecule has 2 heterocycles. The molecule has 0 bridgehead atoms. The van der Waals surface area contributed by atoms with Crippen LogP contribution in [0.5, 0.6) is 0 Å². The number of hydrogen-bond acceptors (Lipinski definition) is 5. The summed E-state index contributed by atoms with van der Waals surface area (Å²) in [6, 6.07) is 14.5. The number of rotatable bonds is 7. The van der Waals surface area contributed by atoms with Crippen LogP contribution in [0.25, 0.3) is 0 Å². The van der Waals surface area contributed by atoms with Crippen molar-refractivity contribution in [3.05, 3.63) is 86.3 Å². The number of aromatic nitrogens is 2. The second-order valence-electron chi connectivity index (χ2n) is 9.15. The van der Waals surface area contributed by atoms with Crippen molar-refractivity contribution in [2.75, 3.05) is 29.6 Å². The van der Waals surface area contributed by atoms with Crippen molar-refractivity contribution >= 4 is 17.2 Å². The Labute approximate surface area is 191 Å². The molecule has 0 radical (unpaired) electrons. The third-order valence-electron chi connectivity index (χ3n) is 6.37. The van der Waals surface area contributed by atoms with E-state index in [9.17, 15) is 14.0 Å². The summed E-state index contributed by atoms with van der Waals surface area (Å²) in [5, 5.41) is 6.64. The van der Waals surface area contributed by atoms with Gasteiger partial charge in [-0.15, -0.1) is 0 Å². The summed E-state index contributed by atoms with van der Waals surface area (Å²) in [5.41, 5.74) is 2.09. The smallest absolute Gasteiger partial charge is 0.333 e. The first-order chi connectivity index (χ1) is 15.9. The van der Waals surface area contributed by atoms with E-state index in [0.717, 1.165) is 28.7 Å². The van der Waals surface area contributed by atoms with Gasteiger partial charge in [0.25, 0.3) is 5.56 Å². The van der Waals surface area contributed by atoms with E-state index in [-0.39, 0.29) is 12.7 Å². The maximum atomic E-state index is 14.3. The molecule has 1 saturated carbocycles. The summed E-state index contributed by atoms with van der Waals surface area (Å²) in [7, 11) is 3.99. The second kappa shape index (κ2) is 8.42. The highest BCUT2D eigenvalue weighted by Gasteiger charge is 2.31. The monoisotopic (exact) mass is 449 g/mol. The third kappa shape index (κ3) is 4.25. The second-order valence-corrected chi connectivity index (χ2v) is 9.15. The molecule has 1 aromatic heterocycles. The van der Waals surface area contributed by atoms with E-state index < -0.39 is 17.1 Å². The Balaban J connectivity index is 1.47. The molecular weight excluding hydrogens is 421 g/mol. The Kier molecular flexibility index (Phi) is 5.44. The van der Waals surface area contributed by atoms with E-state index in [4.69, 9.17) is 0 Å². The number of nitrogens with one attached hydrogen (secondary N) is 2. The third-order valence-corrected chi connectivity index (χ3v) is 6.37. The molecule has 0 amide bonds. The molecule has 1 aliphatic carbocycles. The lowest BCUT2D eigenvalue weighted by molar-refractivity contribution is 0.542. The molecule has 172 valence electrons. The number of halogens is 1. The molecule has 3 aromatic rings. The highest BCUT2D eigenvalue weighted by molar-refractivity contribution is 5.70. The van der Waals surface area contributed by atoms with Gasteiger partial charge in [0, 0.05) is 38.3 Å². The van der Waals surface area contributed by atoms with E-state index in [2.05, 4.69) is 34.9 Å². The van der Waals surface area contributed by atoms with Gasteiger partial charge in [0.1, 0.15) is 23.5 Å². The minimum absolute atomic E-state index is 0.0966. The quantitative estimate of drug-likeness (QED) is 0.580. The average Bonchev–Trinajstić information content (AvgIpc) is 3.53. The first kappa shape index (κ1) is 21.3. The van der Waals surface area contributed by atoms with E-state index in [0.29, 0.717) is 36.0 Å². The highest BCUT2D eigenvalue weighted by Crippen LogP contribution is 2.33. The molecule has 1 aliphatic heterocycles. The molecule has 0 saturated heterocycles. The maximum Gasteiger partial charge on any atom is 0.333 e. The number of anilines is 3. The minimum Gasteiger partial charge on any atom is -0.378 e. The van der Waals surface area contributed by atoms with E-state index in [1.807, 2.05) is 19.0 Å². The largest absolute Gasteiger partial charge is 0.378 e. The lowest BCUT2D eigenvalue weighted by atomic mass is 10.1. The van der Waals surface area contributed by atoms with Gasteiger partial charge in [0.2, 0.25) is 0 Å². The van der Waals surface area contributed by atoms with Gasteiger partial charge in [0.05, 0.1) is 6.54 Å². The van der Waals surface area contributed by atoms with Crippen molar-refractivity contribution in [1.29, 1.82) is 0 Å². The fourth-order valence-corrected chi connectivity index (χ4v) is 4.29. The van der Waals surface area contributed by atoms with Gasteiger partial charge in [-0.3, -0.25) is 13.9 Å². The molecule has 2 aromatic carbocycles. The van der Waals surface area contributed by atoms with Gasteiger partial charge >= 0.3 is 5.69 Å². The van der Waals surface area contributed by atoms with Crippen molar-refractivity contribution in [3.63, 3.8) is 0 Å². The zero-order valence-corrected chi connectivity index (χ0v) is 18.8. The Bertz CT molecular complexity index is 1290. The Hall–Kier alpha value is -3.55. The Morgan fingerprint density at radius 2 is 1.73 bits per heavy atom. The summed E-state index contributed by atoms with van der Waals surface area (Å²) in [6.45, 7) is 0.457. The summed E-state index contributed by atoms with van der Waals surface area (Å²) in [5.74, 6) is 0.547. The summed E-state index contributed by atoms with van der Waals surface area (Å²) in [6.07, 6.45) is 2.57. The molecule has 8 heteroatoms. The van der Waals surface area contributed by atoms with E-state index in [1.165, 1.54) is 6.07 Å². The normalized spacial score (nSPS) is 16.8. The molecule has 0 spiro atoms. The topological polar surface area (TPSA) is 71.3 Å². The van der Waals surface area contributed by atoms with Crippen molar-refractivity contribution < 1.29 is 4.39 Å². The van der Waals surface area contributed by atoms with Gasteiger partial charge in [-0.05, 0) is 42.5 Å². The molecule has 2 aliphatic rings. The van der Waals surface area contributed by atoms with E-state index in [1.54, 1.807) is 22.8 Å². The summed E-state index contributed by atoms with van der Waals surface area (Å²) < 4.78 is 17.1. The fraction of sp³-hybridized carbons (Fsp3) is 0.360. The molecule has 1 unspecified atom stereocenters. The predicted octanol–water partition coefficient (Wildman–Crippen LogP) is 3.08. The van der Waals surface area contributed by atoms with Crippen LogP contribution in [0.15, 0.2) is 58.1 Å². The van der Waals surface area contributed by atoms with Gasteiger partial charge in [-0.2, -0.15) is 0 Å². The van der Waals surface area contributed by atoms with Gasteiger partial charge in [0.15, 0.2) is 0 Å². The first-order valence-electron chi connectivity index (χ1n) is 11.3. The number of benzene rings is 2. The number of hydrogen-bond donors (Lipinski definition) is 2. The van der Waals surface area contributed by atoms with Crippen molar-refractivity contribution in [1.82, 2.24) is 9.13 Å². The standard InChI is InChI=1S/C25H28FN5O2/c1-29(2)19-11-9-16(10-12-19)13-21-27-22-23(28-21)30(14-17-7-8-17)25(33)31(24(22)32)15-18-5-3-4-6-20(18)26/h3-6,9-12,17,21,27-28H,7-8,13-15H2,1-2H3. The zero-order chi connectivity index (χ0) is 23.1. The molecule has 33 heavy (non-hydrogen) atoms. The predicted molar refractivity (Wildman–Crippen MR) is 129 cm³/mol. The number of nitrogens with zero attached hydrogens (tertiary/aromatic N) is 3. The molecule has 7 nitrogen and oxygen atoms in total. The maximum absolute atomic E-state index is 14.3. The van der Waals surface area contributed by atoms with Crippen LogP contribution in [0.2, 0.25) is 0 Å². The van der Waals surface area contributed by atoms with Crippen LogP contribution in [0.4, 0.5) is 21.6 Å². The Morgan fingerprint density at radius 1 is 1.00 bits per heavy atom. The molecule has 2 N–H and O–H groups in total.